The van der Waals surface area contributed by atoms with Crippen LogP contribution < -0.4 is 5.32 Å². The Kier molecular flexibility index (Phi) is 2.13. The molecule has 1 heterocycles. The van der Waals surface area contributed by atoms with Crippen molar-refractivity contribution in [2.45, 2.75) is 11.7 Å². The molecular formula is C4H9NO2S. The highest BCUT2D eigenvalue weighted by Crippen LogP contribution is 2.11. The Morgan fingerprint density at radius 1 is 1.50 bits per heavy atom. The molecule has 0 spiro atoms. The van der Waals surface area contributed by atoms with E-state index < -0.39 is 6.23 Å². The number of hydrogen-bond acceptors (Lipinski definition) is 4. The first-order chi connectivity index (χ1) is 3.79. The maximum absolute atomic E-state index is 8.82. The van der Waals surface area contributed by atoms with E-state index in [9.17, 15) is 0 Å². The quantitative estimate of drug-likeness (QED) is 0.397. The highest BCUT2D eigenvalue weighted by Gasteiger charge is 2.15. The van der Waals surface area contributed by atoms with E-state index in [-0.39, 0.29) is 5.44 Å². The van der Waals surface area contributed by atoms with Gasteiger partial charge < -0.3 is 10.2 Å². The van der Waals surface area contributed by atoms with Crippen LogP contribution in [0, 0.1) is 0 Å². The number of rotatable bonds is 0. The van der Waals surface area contributed by atoms with Crippen molar-refractivity contribution in [3.8, 4) is 0 Å². The molecule has 4 heteroatoms. The summed E-state index contributed by atoms with van der Waals surface area (Å²) < 4.78 is 0. The molecule has 1 fully saturated rings. The molecule has 3 N–H and O–H groups in total. The lowest BCUT2D eigenvalue weighted by Crippen LogP contribution is -2.41. The summed E-state index contributed by atoms with van der Waals surface area (Å²) in [5.41, 5.74) is -0.335. The first-order valence-corrected chi connectivity index (χ1v) is 3.55. The Balaban J connectivity index is 2.19. The van der Waals surface area contributed by atoms with Gasteiger partial charge in [-0.15, -0.1) is 11.8 Å². The predicted octanol–water partition coefficient (Wildman–Crippen LogP) is -1.04. The second-order valence-corrected chi connectivity index (χ2v) is 2.92. The summed E-state index contributed by atoms with van der Waals surface area (Å²) in [6.45, 7) is 0.492. The maximum atomic E-state index is 8.82. The fourth-order valence-corrected chi connectivity index (χ4v) is 1.29. The molecule has 0 aromatic carbocycles. The van der Waals surface area contributed by atoms with Gasteiger partial charge in [-0.1, -0.05) is 0 Å². The van der Waals surface area contributed by atoms with Crippen LogP contribution in [0.25, 0.3) is 0 Å². The van der Waals surface area contributed by atoms with Gasteiger partial charge in [0.25, 0.3) is 0 Å². The van der Waals surface area contributed by atoms with Crippen LogP contribution in [0.3, 0.4) is 0 Å². The van der Waals surface area contributed by atoms with Crippen molar-refractivity contribution >= 4 is 11.8 Å². The summed E-state index contributed by atoms with van der Waals surface area (Å²) in [4.78, 5) is 0. The van der Waals surface area contributed by atoms with Crippen LogP contribution in [0.4, 0.5) is 0 Å². The third-order valence-electron chi connectivity index (χ3n) is 0.975. The van der Waals surface area contributed by atoms with Gasteiger partial charge in [-0.3, -0.25) is 5.32 Å². The van der Waals surface area contributed by atoms with Gasteiger partial charge in [-0.25, -0.2) is 0 Å². The number of aliphatic hydroxyl groups excluding tert-OH is 2. The summed E-state index contributed by atoms with van der Waals surface area (Å²) in [6.07, 6.45) is -0.427. The fourth-order valence-electron chi connectivity index (χ4n) is 0.557. The van der Waals surface area contributed by atoms with Gasteiger partial charge in [-0.05, 0) is 0 Å². The van der Waals surface area contributed by atoms with Crippen LogP contribution in [-0.2, 0) is 0 Å². The molecule has 0 aromatic rings. The van der Waals surface area contributed by atoms with Crippen LogP contribution in [0.1, 0.15) is 0 Å². The van der Waals surface area contributed by atoms with Gasteiger partial charge in [0.2, 0.25) is 0 Å². The zero-order valence-electron chi connectivity index (χ0n) is 4.37. The van der Waals surface area contributed by atoms with Crippen molar-refractivity contribution in [1.82, 2.24) is 5.32 Å². The van der Waals surface area contributed by atoms with E-state index in [1.165, 1.54) is 11.8 Å². The molecule has 1 rings (SSSR count). The van der Waals surface area contributed by atoms with Gasteiger partial charge >= 0.3 is 0 Å². The van der Waals surface area contributed by atoms with Crippen LogP contribution in [0.15, 0.2) is 0 Å². The highest BCUT2D eigenvalue weighted by atomic mass is 32.2. The van der Waals surface area contributed by atoms with E-state index >= 15 is 0 Å². The zero-order chi connectivity index (χ0) is 5.98. The first-order valence-electron chi connectivity index (χ1n) is 2.50. The number of β-amino-alcohol motifs (C(OH)–C–C–N with tert-alkyl or cyclic N) is 1. The molecule has 0 radical (unpaired) electrons. The average Bonchev–Trinajstić information content (AvgIpc) is 1.77. The summed E-state index contributed by atoms with van der Waals surface area (Å²) in [5, 5.41) is 20.3. The lowest BCUT2D eigenvalue weighted by molar-refractivity contribution is 0.133. The van der Waals surface area contributed by atoms with Crippen LogP contribution >= 0.6 is 11.8 Å². The Morgan fingerprint density at radius 2 is 2.25 bits per heavy atom. The fraction of sp³-hybridized carbons (Fsp3) is 1.00. The SMILES string of the molecule is OC1CSC(O)CN1. The van der Waals surface area contributed by atoms with Gasteiger partial charge in [-0.2, -0.15) is 0 Å². The molecule has 1 aliphatic heterocycles. The van der Waals surface area contributed by atoms with E-state index in [4.69, 9.17) is 10.2 Å². The van der Waals surface area contributed by atoms with Crippen molar-refractivity contribution in [2.24, 2.45) is 0 Å². The zero-order valence-corrected chi connectivity index (χ0v) is 5.19. The molecule has 48 valence electrons. The minimum absolute atomic E-state index is 0.335. The molecule has 0 amide bonds. The van der Waals surface area contributed by atoms with E-state index in [2.05, 4.69) is 5.32 Å². The normalized spacial score (nSPS) is 39.8. The van der Waals surface area contributed by atoms with Crippen molar-refractivity contribution in [3.05, 3.63) is 0 Å². The van der Waals surface area contributed by atoms with E-state index in [1.54, 1.807) is 0 Å². The van der Waals surface area contributed by atoms with Crippen LogP contribution in [0.2, 0.25) is 0 Å². The Labute approximate surface area is 52.1 Å². The minimum atomic E-state index is -0.427. The van der Waals surface area contributed by atoms with E-state index in [0.29, 0.717) is 12.3 Å². The second kappa shape index (κ2) is 2.68. The molecule has 0 bridgehead atoms. The van der Waals surface area contributed by atoms with E-state index in [1.807, 2.05) is 0 Å². The average molecular weight is 135 g/mol. The molecule has 2 unspecified atom stereocenters. The molecule has 0 aliphatic carbocycles. The van der Waals surface area contributed by atoms with Crippen LogP contribution in [-0.4, -0.2) is 34.2 Å². The predicted molar refractivity (Wildman–Crippen MR) is 32.5 cm³/mol. The third kappa shape index (κ3) is 1.63. The van der Waals surface area contributed by atoms with Crippen molar-refractivity contribution < 1.29 is 10.2 Å². The summed E-state index contributed by atoms with van der Waals surface area (Å²) in [5.74, 6) is 0.584. The van der Waals surface area contributed by atoms with Gasteiger partial charge in [0, 0.05) is 12.3 Å². The minimum Gasteiger partial charge on any atom is -0.381 e. The van der Waals surface area contributed by atoms with Gasteiger partial charge in [0.05, 0.1) is 0 Å². The largest absolute Gasteiger partial charge is 0.381 e. The standard InChI is InChI=1S/C4H9NO2S/c6-3-2-8-4(7)1-5-3/h3-7H,1-2H2. The molecule has 2 atom stereocenters. The summed E-state index contributed by atoms with van der Waals surface area (Å²) >= 11 is 1.37. The molecule has 3 nitrogen and oxygen atoms in total. The lowest BCUT2D eigenvalue weighted by atomic mass is 10.6. The van der Waals surface area contributed by atoms with Crippen molar-refractivity contribution in [1.29, 1.82) is 0 Å². The van der Waals surface area contributed by atoms with Gasteiger partial charge in [0.1, 0.15) is 11.7 Å². The third-order valence-corrected chi connectivity index (χ3v) is 2.03. The maximum Gasteiger partial charge on any atom is 0.114 e. The molecular weight excluding hydrogens is 126 g/mol. The molecule has 0 saturated carbocycles. The van der Waals surface area contributed by atoms with Gasteiger partial charge in [0.15, 0.2) is 0 Å². The Hall–Kier alpha value is 0.230. The topological polar surface area (TPSA) is 52.5 Å². The van der Waals surface area contributed by atoms with E-state index in [0.717, 1.165) is 0 Å². The molecule has 0 aromatic heterocycles. The second-order valence-electron chi connectivity index (χ2n) is 1.71. The number of thioether (sulfide) groups is 1. The number of hydrogen-bond donors (Lipinski definition) is 3. The lowest BCUT2D eigenvalue weighted by Gasteiger charge is -2.21. The first kappa shape index (κ1) is 6.35. The molecule has 1 aliphatic rings. The smallest absolute Gasteiger partial charge is 0.114 e. The monoisotopic (exact) mass is 135 g/mol. The molecule has 8 heavy (non-hydrogen) atoms. The highest BCUT2D eigenvalue weighted by molar-refractivity contribution is 7.99. The summed E-state index contributed by atoms with van der Waals surface area (Å²) in [6, 6.07) is 0. The number of aliphatic hydroxyl groups is 2. The number of nitrogens with one attached hydrogen (secondary N) is 1. The Bertz CT molecular complexity index is 62.4. The van der Waals surface area contributed by atoms with Crippen LogP contribution in [0.5, 0.6) is 0 Å². The van der Waals surface area contributed by atoms with Crippen molar-refractivity contribution in [2.75, 3.05) is 12.3 Å². The Morgan fingerprint density at radius 3 is 2.62 bits per heavy atom. The van der Waals surface area contributed by atoms with Crippen molar-refractivity contribution in [3.63, 3.8) is 0 Å². The summed E-state index contributed by atoms with van der Waals surface area (Å²) in [7, 11) is 0. The molecule has 1 saturated heterocycles.